The van der Waals surface area contributed by atoms with Crippen LogP contribution in [0.15, 0.2) is 97.8 Å². The van der Waals surface area contributed by atoms with Crippen LogP contribution in [0.25, 0.3) is 22.3 Å². The van der Waals surface area contributed by atoms with E-state index in [1.807, 2.05) is 48.5 Å². The summed E-state index contributed by atoms with van der Waals surface area (Å²) in [5.74, 6) is 1.09. The number of hydrogen-bond donors (Lipinski definition) is 4. The maximum Gasteiger partial charge on any atom is 0.337 e. The third-order valence-electron chi connectivity index (χ3n) is 10.8. The maximum atomic E-state index is 13.1. The Balaban J connectivity index is 0.000000221. The van der Waals surface area contributed by atoms with Crippen LogP contribution in [0.2, 0.25) is 0 Å². The van der Waals surface area contributed by atoms with Crippen LogP contribution >= 0.6 is 0 Å². The average molecular weight is 994 g/mol. The van der Waals surface area contributed by atoms with Crippen molar-refractivity contribution in [3.8, 4) is 33.8 Å². The standard InChI is InChI=1S/C23H26N6O4S.C18H16N4O3.C5H12N2O2S.B/c1-16-21(22(30)28-8-10-29(11-9-28)34(3,31)32)12-19(15-24-16)27-23-25-13-18(14-26-23)17-4-6-20(33-2)7-5-17;1-11-16(17(23)24)7-14(10-19-11)22-18-20-8-13(9-21-18)12-3-5-15(25-2)6-4-12;1-10(8,9)7-4-2-6-3-5-7;/h4-7,12-15H,8-11H2,1-3H3,(H,25,26,27);3-10H,1-2H3,(H,23,24)(H,20,21,22);6H,2-5H2,1H3;. The molecule has 3 radical (unpaired) electrons. The quantitative estimate of drug-likeness (QED) is 0.126. The van der Waals surface area contributed by atoms with Crippen molar-refractivity contribution in [3.63, 3.8) is 0 Å². The molecule has 70 heavy (non-hydrogen) atoms. The number of aryl methyl sites for hydroxylation is 2. The van der Waals surface area contributed by atoms with Gasteiger partial charge in [0.1, 0.15) is 11.5 Å². The van der Waals surface area contributed by atoms with Crippen LogP contribution in [0.1, 0.15) is 32.1 Å². The molecular formula is C46H54BN12O9S2. The molecule has 0 bridgehead atoms. The summed E-state index contributed by atoms with van der Waals surface area (Å²) in [6, 6.07) is 18.4. The zero-order valence-corrected chi connectivity index (χ0v) is 41.2. The third-order valence-corrected chi connectivity index (χ3v) is 13.4. The van der Waals surface area contributed by atoms with Gasteiger partial charge in [0.2, 0.25) is 31.9 Å². The Kier molecular flexibility index (Phi) is 18.8. The van der Waals surface area contributed by atoms with Crippen molar-refractivity contribution in [1.29, 1.82) is 0 Å². The maximum absolute atomic E-state index is 13.1. The molecule has 2 aromatic carbocycles. The number of piperazine rings is 2. The summed E-state index contributed by atoms with van der Waals surface area (Å²) in [5.41, 5.74) is 6.39. The van der Waals surface area contributed by atoms with Crippen molar-refractivity contribution in [1.82, 2.24) is 48.7 Å². The van der Waals surface area contributed by atoms with Gasteiger partial charge in [-0.2, -0.15) is 8.61 Å². The molecule has 4 aromatic heterocycles. The summed E-state index contributed by atoms with van der Waals surface area (Å²) in [6.07, 6.45) is 12.4. The lowest BCUT2D eigenvalue weighted by atomic mass is 10.1. The number of nitrogens with zero attached hydrogens (tertiary/aromatic N) is 9. The first-order valence-electron chi connectivity index (χ1n) is 21.5. The van der Waals surface area contributed by atoms with Crippen molar-refractivity contribution in [2.45, 2.75) is 13.8 Å². The molecule has 0 unspecified atom stereocenters. The van der Waals surface area contributed by atoms with Gasteiger partial charge in [-0.15, -0.1) is 0 Å². The Labute approximate surface area is 409 Å². The van der Waals surface area contributed by atoms with Crippen molar-refractivity contribution in [2.75, 3.05) is 89.7 Å². The van der Waals surface area contributed by atoms with Crippen molar-refractivity contribution in [2.24, 2.45) is 0 Å². The van der Waals surface area contributed by atoms with Gasteiger partial charge < -0.3 is 35.4 Å². The number of pyridine rings is 2. The number of carbonyl (C=O) groups excluding carboxylic acids is 1. The van der Waals surface area contributed by atoms with Gasteiger partial charge in [0.15, 0.2) is 0 Å². The molecule has 2 aliphatic heterocycles. The second kappa shape index (κ2) is 24.4. The van der Waals surface area contributed by atoms with Gasteiger partial charge in [-0.25, -0.2) is 41.6 Å². The van der Waals surface area contributed by atoms with Crippen LogP contribution in [0.4, 0.5) is 23.3 Å². The minimum Gasteiger partial charge on any atom is -0.497 e. The minimum atomic E-state index is -3.26. The molecule has 2 saturated heterocycles. The highest BCUT2D eigenvalue weighted by molar-refractivity contribution is 7.88. The lowest BCUT2D eigenvalue weighted by Crippen LogP contribution is -2.50. The fraction of sp³-hybridized carbons (Fsp3) is 0.304. The fourth-order valence-electron chi connectivity index (χ4n) is 6.91. The third kappa shape index (κ3) is 14.9. The van der Waals surface area contributed by atoms with Crippen LogP contribution in [0, 0.1) is 13.8 Å². The molecule has 0 saturated carbocycles. The summed E-state index contributed by atoms with van der Waals surface area (Å²) in [4.78, 5) is 51.6. The SMILES string of the molecule is COc1ccc(-c2cnc(Nc3cnc(C)c(C(=O)N4CCN(S(C)(=O)=O)CC4)c3)nc2)cc1.COc1ccc(-c2cnc(Nc3cnc(C)c(C(=O)O)c3)nc2)cc1.CS(=O)(=O)N1CCNCC1.[B]. The largest absolute Gasteiger partial charge is 0.497 e. The molecule has 4 N–H and O–H groups in total. The molecule has 0 aliphatic carbocycles. The number of methoxy groups -OCH3 is 2. The highest BCUT2D eigenvalue weighted by Crippen LogP contribution is 2.25. The number of hydrogen-bond acceptors (Lipinski definition) is 17. The highest BCUT2D eigenvalue weighted by Gasteiger charge is 2.28. The van der Waals surface area contributed by atoms with Gasteiger partial charge in [0, 0.05) is 96.7 Å². The first-order chi connectivity index (χ1) is 32.9. The number of amides is 1. The monoisotopic (exact) mass is 993 g/mol. The molecule has 24 heteroatoms. The lowest BCUT2D eigenvalue weighted by molar-refractivity contribution is 0.0688. The predicted octanol–water partition coefficient (Wildman–Crippen LogP) is 4.08. The smallest absolute Gasteiger partial charge is 0.337 e. The number of aromatic carboxylic acids is 1. The Hall–Kier alpha value is -7.12. The molecule has 21 nitrogen and oxygen atoms in total. The van der Waals surface area contributed by atoms with Crippen molar-refractivity contribution in [3.05, 3.63) is 120 Å². The second-order valence-corrected chi connectivity index (χ2v) is 19.6. The van der Waals surface area contributed by atoms with E-state index in [2.05, 4.69) is 45.9 Å². The number of anilines is 4. The van der Waals surface area contributed by atoms with Gasteiger partial charge >= 0.3 is 5.97 Å². The van der Waals surface area contributed by atoms with E-state index in [1.54, 1.807) is 76.2 Å². The molecule has 2 fully saturated rings. The summed E-state index contributed by atoms with van der Waals surface area (Å²) < 4.78 is 58.4. The van der Waals surface area contributed by atoms with Crippen molar-refractivity contribution >= 4 is 63.6 Å². The lowest BCUT2D eigenvalue weighted by Gasteiger charge is -2.33. The Morgan fingerprint density at radius 2 is 0.957 bits per heavy atom. The van der Waals surface area contributed by atoms with Gasteiger partial charge in [0.25, 0.3) is 5.91 Å². The van der Waals surface area contributed by atoms with Gasteiger partial charge in [0.05, 0.1) is 73.0 Å². The Morgan fingerprint density at radius 3 is 1.33 bits per heavy atom. The van der Waals surface area contributed by atoms with E-state index in [9.17, 15) is 26.4 Å². The van der Waals surface area contributed by atoms with Crippen LogP contribution in [0.3, 0.4) is 0 Å². The summed E-state index contributed by atoms with van der Waals surface area (Å²) in [5, 5.41) is 18.3. The number of benzene rings is 2. The Bertz CT molecular complexity index is 2920. The fourth-order valence-corrected chi connectivity index (χ4v) is 8.59. The number of carbonyl (C=O) groups is 2. The number of rotatable bonds is 12. The summed E-state index contributed by atoms with van der Waals surface area (Å²) >= 11 is 0. The Morgan fingerprint density at radius 1 is 0.571 bits per heavy atom. The first-order valence-corrected chi connectivity index (χ1v) is 25.1. The normalized spacial score (nSPS) is 14.1. The second-order valence-electron chi connectivity index (χ2n) is 15.7. The number of aromatic nitrogens is 6. The van der Waals surface area contributed by atoms with Gasteiger partial charge in [-0.05, 0) is 61.4 Å². The first kappa shape index (κ1) is 53.8. The summed E-state index contributed by atoms with van der Waals surface area (Å²) in [6.45, 7) is 7.40. The zero-order chi connectivity index (χ0) is 49.7. The molecule has 0 atom stereocenters. The number of nitrogens with one attached hydrogen (secondary N) is 3. The van der Waals surface area contributed by atoms with Crippen LogP contribution < -0.4 is 25.4 Å². The van der Waals surface area contributed by atoms with E-state index in [4.69, 9.17) is 14.6 Å². The molecule has 2 aliphatic rings. The number of carboxylic acid groups (broad SMARTS) is 1. The van der Waals surface area contributed by atoms with Gasteiger partial charge in [-0.3, -0.25) is 14.8 Å². The minimum absolute atomic E-state index is 0. The van der Waals surface area contributed by atoms with Crippen LogP contribution in [-0.2, 0) is 20.0 Å². The molecular weight excluding hydrogens is 940 g/mol. The van der Waals surface area contributed by atoms with E-state index in [0.717, 1.165) is 46.8 Å². The van der Waals surface area contributed by atoms with E-state index in [-0.39, 0.29) is 33.0 Å². The highest BCUT2D eigenvalue weighted by atomic mass is 32.2. The summed E-state index contributed by atoms with van der Waals surface area (Å²) in [7, 11) is -2.95. The molecule has 1 amide bonds. The molecule has 6 aromatic rings. The van der Waals surface area contributed by atoms with E-state index in [0.29, 0.717) is 66.4 Å². The van der Waals surface area contributed by atoms with Crippen LogP contribution in [0.5, 0.6) is 11.5 Å². The molecule has 6 heterocycles. The van der Waals surface area contributed by atoms with E-state index in [1.165, 1.54) is 27.2 Å². The zero-order valence-electron chi connectivity index (χ0n) is 39.5. The van der Waals surface area contributed by atoms with E-state index < -0.39 is 26.0 Å². The average Bonchev–Trinajstić information content (AvgIpc) is 3.35. The molecule has 367 valence electrons. The number of sulfonamides is 2. The van der Waals surface area contributed by atoms with Crippen molar-refractivity contribution < 1.29 is 41.0 Å². The topological polar surface area (TPSA) is 264 Å². The number of ether oxygens (including phenoxy) is 2. The number of carboxylic acids is 1. The van der Waals surface area contributed by atoms with Crippen LogP contribution in [-0.4, -0.2) is 165 Å². The van der Waals surface area contributed by atoms with Gasteiger partial charge in [-0.1, -0.05) is 24.3 Å². The molecule has 8 rings (SSSR count). The molecule has 0 spiro atoms. The predicted molar refractivity (Wildman–Crippen MR) is 267 cm³/mol. The van der Waals surface area contributed by atoms with E-state index >= 15 is 0 Å².